The molecule has 0 bridgehead atoms. The van der Waals surface area contributed by atoms with Crippen LogP contribution in [0.1, 0.15) is 5.56 Å². The molecule has 2 aromatic carbocycles. The summed E-state index contributed by atoms with van der Waals surface area (Å²) in [5, 5.41) is 21.7. The molecule has 0 N–H and O–H groups in total. The number of non-ortho nitro benzene ring substituents is 1. The van der Waals surface area contributed by atoms with Crippen LogP contribution >= 0.6 is 11.8 Å². The number of nitrogens with zero attached hydrogens (tertiary/aromatic N) is 3. The van der Waals surface area contributed by atoms with E-state index in [0.29, 0.717) is 5.56 Å². The second-order valence-electron chi connectivity index (χ2n) is 5.92. The molecular formula is C18H13N3O8S. The van der Waals surface area contributed by atoms with E-state index in [1.807, 2.05) is 0 Å². The maximum atomic E-state index is 12.0. The van der Waals surface area contributed by atoms with Crippen LogP contribution in [0.5, 0.6) is 17.2 Å². The third-order valence-electron chi connectivity index (χ3n) is 4.04. The quantitative estimate of drug-likeness (QED) is 0.377. The molecule has 0 unspecified atom stereocenters. The van der Waals surface area contributed by atoms with Gasteiger partial charge in [-0.15, -0.1) is 0 Å². The zero-order valence-electron chi connectivity index (χ0n) is 15.6. The lowest BCUT2D eigenvalue weighted by Gasteiger charge is -2.11. The molecular weight excluding hydrogens is 418 g/mol. The molecule has 12 heteroatoms. The van der Waals surface area contributed by atoms with Crippen LogP contribution in [-0.2, 0) is 4.79 Å². The van der Waals surface area contributed by atoms with E-state index in [1.54, 1.807) is 6.07 Å². The second-order valence-corrected chi connectivity index (χ2v) is 6.91. The molecule has 30 heavy (non-hydrogen) atoms. The Morgan fingerprint density at radius 3 is 2.27 bits per heavy atom. The highest BCUT2D eigenvalue weighted by atomic mass is 32.2. The number of hydrogen-bond donors (Lipinski definition) is 0. The van der Waals surface area contributed by atoms with Crippen LogP contribution in [0.3, 0.4) is 0 Å². The van der Waals surface area contributed by atoms with E-state index in [0.717, 1.165) is 34.9 Å². The first-order valence-electron chi connectivity index (χ1n) is 8.21. The van der Waals surface area contributed by atoms with Gasteiger partial charge in [0.15, 0.2) is 11.5 Å². The molecule has 3 rings (SSSR count). The fourth-order valence-corrected chi connectivity index (χ4v) is 3.35. The molecule has 2 aromatic rings. The van der Waals surface area contributed by atoms with Crippen molar-refractivity contribution in [1.29, 1.82) is 0 Å². The highest BCUT2D eigenvalue weighted by Crippen LogP contribution is 2.39. The number of nitro groups is 2. The smallest absolute Gasteiger partial charge is 0.318 e. The molecule has 1 aliphatic heterocycles. The fourth-order valence-electron chi connectivity index (χ4n) is 2.52. The van der Waals surface area contributed by atoms with Crippen LogP contribution in [0, 0.1) is 20.2 Å². The van der Waals surface area contributed by atoms with Crippen molar-refractivity contribution in [2.75, 3.05) is 14.2 Å². The summed E-state index contributed by atoms with van der Waals surface area (Å²) in [6, 6.07) is 7.57. The van der Waals surface area contributed by atoms with Gasteiger partial charge in [-0.1, -0.05) is 6.07 Å². The number of amides is 2. The number of rotatable bonds is 6. The van der Waals surface area contributed by atoms with E-state index >= 15 is 0 Å². The molecule has 0 aromatic heterocycles. The topological polar surface area (TPSA) is 142 Å². The maximum absolute atomic E-state index is 12.0. The number of nitro benzene ring substituents is 2. The zero-order valence-corrected chi connectivity index (χ0v) is 16.4. The Bertz CT molecular complexity index is 1110. The van der Waals surface area contributed by atoms with Crippen LogP contribution in [-0.4, -0.2) is 40.1 Å². The maximum Gasteiger partial charge on any atom is 0.318 e. The summed E-state index contributed by atoms with van der Waals surface area (Å²) in [6.45, 7) is 0. The van der Waals surface area contributed by atoms with Crippen molar-refractivity contribution < 1.29 is 28.9 Å². The lowest BCUT2D eigenvalue weighted by molar-refractivity contribution is -0.394. The van der Waals surface area contributed by atoms with Crippen molar-refractivity contribution in [3.63, 3.8) is 0 Å². The van der Waals surface area contributed by atoms with Gasteiger partial charge in [-0.2, -0.15) is 0 Å². The van der Waals surface area contributed by atoms with Crippen LogP contribution in [0.4, 0.5) is 16.2 Å². The number of carbonyl (C=O) groups is 2. The molecule has 1 fully saturated rings. The van der Waals surface area contributed by atoms with Crippen molar-refractivity contribution in [2.45, 2.75) is 0 Å². The monoisotopic (exact) mass is 431 g/mol. The molecule has 154 valence electrons. The van der Waals surface area contributed by atoms with Crippen molar-refractivity contribution in [3.05, 3.63) is 67.1 Å². The number of thioether (sulfide) groups is 1. The average Bonchev–Trinajstić information content (AvgIpc) is 2.95. The molecule has 0 aliphatic carbocycles. The Balaban J connectivity index is 1.93. The number of hydrogen-bond acceptors (Lipinski definition) is 9. The van der Waals surface area contributed by atoms with Gasteiger partial charge in [0.2, 0.25) is 5.75 Å². The van der Waals surface area contributed by atoms with Gasteiger partial charge in [0.25, 0.3) is 16.8 Å². The molecule has 0 atom stereocenters. The Morgan fingerprint density at radius 2 is 1.70 bits per heavy atom. The zero-order chi connectivity index (χ0) is 22.0. The van der Waals surface area contributed by atoms with E-state index in [-0.39, 0.29) is 27.4 Å². The lowest BCUT2D eigenvalue weighted by Crippen LogP contribution is -2.22. The van der Waals surface area contributed by atoms with Crippen molar-refractivity contribution >= 4 is 40.4 Å². The normalized spacial score (nSPS) is 14.9. The second kappa shape index (κ2) is 8.21. The number of carbonyl (C=O) groups excluding carboxylic acids is 2. The Labute approximate surface area is 173 Å². The lowest BCUT2D eigenvalue weighted by atomic mass is 10.2. The van der Waals surface area contributed by atoms with E-state index in [2.05, 4.69) is 0 Å². The predicted octanol–water partition coefficient (Wildman–Crippen LogP) is 3.97. The highest BCUT2D eigenvalue weighted by molar-refractivity contribution is 8.18. The number of benzene rings is 2. The number of likely N-dealkylation sites (N-methyl/N-ethyl adjacent to an activating group) is 1. The molecule has 0 radical (unpaired) electrons. The van der Waals surface area contributed by atoms with E-state index in [4.69, 9.17) is 9.47 Å². The summed E-state index contributed by atoms with van der Waals surface area (Å²) in [5.74, 6) is -0.308. The van der Waals surface area contributed by atoms with Crippen LogP contribution in [0.15, 0.2) is 41.3 Å². The van der Waals surface area contributed by atoms with Crippen molar-refractivity contribution in [1.82, 2.24) is 4.90 Å². The fraction of sp³-hybridized carbons (Fsp3) is 0.111. The molecule has 11 nitrogen and oxygen atoms in total. The summed E-state index contributed by atoms with van der Waals surface area (Å²) in [7, 11) is 2.74. The minimum Gasteiger partial charge on any atom is -0.493 e. The summed E-state index contributed by atoms with van der Waals surface area (Å²) in [6.07, 6.45) is 1.51. The van der Waals surface area contributed by atoms with E-state index < -0.39 is 27.1 Å². The van der Waals surface area contributed by atoms with Gasteiger partial charge in [-0.3, -0.25) is 34.7 Å². The Kier molecular flexibility index (Phi) is 5.69. The largest absolute Gasteiger partial charge is 0.493 e. The molecule has 0 saturated carbocycles. The minimum absolute atomic E-state index is 0.121. The van der Waals surface area contributed by atoms with Gasteiger partial charge in [0.1, 0.15) is 0 Å². The third kappa shape index (κ3) is 4.07. The van der Waals surface area contributed by atoms with Crippen LogP contribution in [0.25, 0.3) is 6.08 Å². The van der Waals surface area contributed by atoms with Crippen LogP contribution in [0.2, 0.25) is 0 Å². The number of imide groups is 1. The van der Waals surface area contributed by atoms with Gasteiger partial charge < -0.3 is 9.47 Å². The van der Waals surface area contributed by atoms with Gasteiger partial charge in [0.05, 0.1) is 27.9 Å². The minimum atomic E-state index is -0.788. The molecule has 1 aliphatic rings. The molecule has 0 spiro atoms. The standard InChI is InChI=1S/C18H13N3O8S/c1-19-17(22)16(30-18(19)23)8-10-3-5-14(15(7-10)28-2)29-13-6-4-11(20(24)25)9-12(13)21(26)27/h3-9H,1-2H3/b16-8-. The first kappa shape index (κ1) is 20.8. The molecule has 1 heterocycles. The molecule has 1 saturated heterocycles. The van der Waals surface area contributed by atoms with Crippen molar-refractivity contribution in [3.8, 4) is 17.2 Å². The number of methoxy groups -OCH3 is 1. The van der Waals surface area contributed by atoms with Gasteiger partial charge in [-0.25, -0.2) is 0 Å². The molecule has 2 amide bonds. The summed E-state index contributed by atoms with van der Waals surface area (Å²) in [5.41, 5.74) is -0.482. The van der Waals surface area contributed by atoms with E-state index in [9.17, 15) is 29.8 Å². The van der Waals surface area contributed by atoms with Gasteiger partial charge >= 0.3 is 5.69 Å². The van der Waals surface area contributed by atoms with Crippen LogP contribution < -0.4 is 9.47 Å². The average molecular weight is 431 g/mol. The summed E-state index contributed by atoms with van der Waals surface area (Å²) < 4.78 is 10.8. The Morgan fingerprint density at radius 1 is 1.00 bits per heavy atom. The Hall–Kier alpha value is -3.93. The highest BCUT2D eigenvalue weighted by Gasteiger charge is 2.31. The SMILES string of the molecule is COc1cc(/C=C2\SC(=O)N(C)C2=O)ccc1Oc1ccc([N+](=O)[O-])cc1[N+](=O)[O-]. The van der Waals surface area contributed by atoms with Crippen molar-refractivity contribution in [2.24, 2.45) is 0 Å². The first-order valence-corrected chi connectivity index (χ1v) is 9.03. The van der Waals surface area contributed by atoms with Gasteiger partial charge in [-0.05, 0) is 41.6 Å². The number of ether oxygens (including phenoxy) is 2. The summed E-state index contributed by atoms with van der Waals surface area (Å²) in [4.78, 5) is 45.4. The predicted molar refractivity (Wildman–Crippen MR) is 107 cm³/mol. The summed E-state index contributed by atoms with van der Waals surface area (Å²) >= 11 is 0.802. The van der Waals surface area contributed by atoms with Gasteiger partial charge in [0, 0.05) is 13.1 Å². The first-order chi connectivity index (χ1) is 14.2. The third-order valence-corrected chi connectivity index (χ3v) is 5.00. The van der Waals surface area contributed by atoms with E-state index in [1.165, 1.54) is 32.4 Å².